The minimum atomic E-state index is -4.96. The summed E-state index contributed by atoms with van der Waals surface area (Å²) in [5.74, 6) is -1.99. The molecule has 1 aliphatic rings. The van der Waals surface area contributed by atoms with Crippen molar-refractivity contribution in [2.24, 2.45) is 0 Å². The number of carbonyl (C=O) groups excluding carboxylic acids is 1. The number of amides is 1. The molecule has 0 saturated heterocycles. The minimum absolute atomic E-state index is 0.147. The van der Waals surface area contributed by atoms with Gasteiger partial charge in [-0.05, 0) is 28.3 Å². The van der Waals surface area contributed by atoms with Gasteiger partial charge < -0.3 is 15.2 Å². The van der Waals surface area contributed by atoms with E-state index in [1.54, 1.807) is 0 Å². The summed E-state index contributed by atoms with van der Waals surface area (Å²) in [6, 6.07) is 15.5. The number of hydrogen-bond acceptors (Lipinski definition) is 5. The van der Waals surface area contributed by atoms with Crippen LogP contribution in [0.2, 0.25) is 0 Å². The summed E-state index contributed by atoms with van der Waals surface area (Å²) in [4.78, 5) is 34.5. The van der Waals surface area contributed by atoms with Gasteiger partial charge in [0.05, 0.1) is 10.5 Å². The van der Waals surface area contributed by atoms with Crippen molar-refractivity contribution in [1.29, 1.82) is 0 Å². The molecule has 8 nitrogen and oxygen atoms in total. The molecule has 0 saturated carbocycles. The Kier molecular flexibility index (Phi) is 6.65. The second-order valence-electron chi connectivity index (χ2n) is 8.12. The fourth-order valence-electron chi connectivity index (χ4n) is 4.41. The van der Waals surface area contributed by atoms with Crippen LogP contribution in [0, 0.1) is 10.1 Å². The molecule has 2 N–H and O–H groups in total. The summed E-state index contributed by atoms with van der Waals surface area (Å²) < 4.78 is 45.6. The number of alkyl halides is 3. The molecule has 0 fully saturated rings. The van der Waals surface area contributed by atoms with Crippen molar-refractivity contribution in [3.05, 3.63) is 99.1 Å². The Balaban J connectivity index is 1.52. The maximum absolute atomic E-state index is 13.5. The van der Waals surface area contributed by atoms with Crippen LogP contribution in [-0.2, 0) is 22.1 Å². The largest absolute Gasteiger partial charge is 0.480 e. The Morgan fingerprint density at radius 3 is 2.11 bits per heavy atom. The molecule has 0 heterocycles. The molecule has 1 aliphatic carbocycles. The number of carboxylic acids is 1. The standard InChI is InChI=1S/C25H19F3N2O6/c26-25(27,28)20-10-5-11-22(30(34)35)18(20)12-21(23(31)32)29-24(33)36-13-19-16-8-3-1-6-14(16)15-7-2-4-9-17(15)19/h1-11,19,21H,12-13H2,(H,29,33)(H,31,32). The van der Waals surface area contributed by atoms with Gasteiger partial charge in [-0.25, -0.2) is 9.59 Å². The number of benzene rings is 3. The maximum atomic E-state index is 13.5. The fraction of sp³-hybridized carbons (Fsp3) is 0.200. The molecule has 0 spiro atoms. The molecule has 3 aromatic carbocycles. The van der Waals surface area contributed by atoms with Gasteiger partial charge in [0.2, 0.25) is 0 Å². The lowest BCUT2D eigenvalue weighted by atomic mass is 9.97. The first-order valence-electron chi connectivity index (χ1n) is 10.8. The lowest BCUT2D eigenvalue weighted by molar-refractivity contribution is -0.385. The van der Waals surface area contributed by atoms with Crippen LogP contribution >= 0.6 is 0 Å². The van der Waals surface area contributed by atoms with Gasteiger partial charge in [0.25, 0.3) is 5.69 Å². The van der Waals surface area contributed by atoms with Gasteiger partial charge >= 0.3 is 18.2 Å². The van der Waals surface area contributed by atoms with Crippen molar-refractivity contribution in [3.8, 4) is 11.1 Å². The number of aliphatic carboxylic acids is 1. The summed E-state index contributed by atoms with van der Waals surface area (Å²) in [5, 5.41) is 22.9. The third kappa shape index (κ3) is 4.85. The molecule has 36 heavy (non-hydrogen) atoms. The molecule has 0 aromatic heterocycles. The Hall–Kier alpha value is -4.41. The second-order valence-corrected chi connectivity index (χ2v) is 8.12. The number of nitro groups is 1. The summed E-state index contributed by atoms with van der Waals surface area (Å²) >= 11 is 0. The van der Waals surface area contributed by atoms with Gasteiger partial charge in [0, 0.05) is 24.0 Å². The molecule has 186 valence electrons. The first kappa shape index (κ1) is 24.7. The van der Waals surface area contributed by atoms with Crippen LogP contribution < -0.4 is 5.32 Å². The number of carbonyl (C=O) groups is 2. The number of alkyl carbamates (subject to hydrolysis) is 1. The number of nitrogens with one attached hydrogen (secondary N) is 1. The van der Waals surface area contributed by atoms with E-state index in [4.69, 9.17) is 4.74 Å². The highest BCUT2D eigenvalue weighted by molar-refractivity contribution is 5.81. The quantitative estimate of drug-likeness (QED) is 0.342. The van der Waals surface area contributed by atoms with Gasteiger partial charge in [-0.15, -0.1) is 0 Å². The maximum Gasteiger partial charge on any atom is 0.416 e. The van der Waals surface area contributed by atoms with E-state index in [-0.39, 0.29) is 12.5 Å². The van der Waals surface area contributed by atoms with Gasteiger partial charge in [-0.1, -0.05) is 54.6 Å². The van der Waals surface area contributed by atoms with Gasteiger partial charge in [-0.2, -0.15) is 13.2 Å². The molecular weight excluding hydrogens is 481 g/mol. The van der Waals surface area contributed by atoms with Crippen molar-refractivity contribution in [2.45, 2.75) is 24.6 Å². The average Bonchev–Trinajstić information content (AvgIpc) is 3.15. The molecule has 4 rings (SSSR count). The second kappa shape index (κ2) is 9.68. The van der Waals surface area contributed by atoms with Crippen LogP contribution in [0.15, 0.2) is 66.7 Å². The first-order valence-corrected chi connectivity index (χ1v) is 10.8. The average molecular weight is 500 g/mol. The predicted molar refractivity (Wildman–Crippen MR) is 121 cm³/mol. The summed E-state index contributed by atoms with van der Waals surface area (Å²) in [7, 11) is 0. The highest BCUT2D eigenvalue weighted by Gasteiger charge is 2.38. The highest BCUT2D eigenvalue weighted by Crippen LogP contribution is 2.44. The van der Waals surface area contributed by atoms with Crippen LogP contribution in [0.1, 0.15) is 28.2 Å². The minimum Gasteiger partial charge on any atom is -0.480 e. The summed E-state index contributed by atoms with van der Waals surface area (Å²) in [6.07, 6.45) is -7.10. The van der Waals surface area contributed by atoms with Gasteiger partial charge in [-0.3, -0.25) is 10.1 Å². The third-order valence-electron chi connectivity index (χ3n) is 6.00. The van der Waals surface area contributed by atoms with Crippen LogP contribution in [0.3, 0.4) is 0 Å². The van der Waals surface area contributed by atoms with Crippen LogP contribution in [0.25, 0.3) is 11.1 Å². The van der Waals surface area contributed by atoms with Gasteiger partial charge in [0.1, 0.15) is 12.6 Å². The Labute approximate surface area is 202 Å². The van der Waals surface area contributed by atoms with Crippen molar-refractivity contribution in [1.82, 2.24) is 5.32 Å². The van der Waals surface area contributed by atoms with Crippen molar-refractivity contribution in [3.63, 3.8) is 0 Å². The number of halogens is 3. The van der Waals surface area contributed by atoms with E-state index >= 15 is 0 Å². The zero-order valence-electron chi connectivity index (χ0n) is 18.5. The van der Waals surface area contributed by atoms with Crippen molar-refractivity contribution in [2.75, 3.05) is 6.61 Å². The van der Waals surface area contributed by atoms with E-state index in [1.807, 2.05) is 53.8 Å². The molecule has 1 amide bonds. The Morgan fingerprint density at radius 1 is 1.00 bits per heavy atom. The number of nitrogens with zero attached hydrogens (tertiary/aromatic N) is 1. The van der Waals surface area contributed by atoms with Crippen molar-refractivity contribution >= 4 is 17.7 Å². The van der Waals surface area contributed by atoms with Crippen molar-refractivity contribution < 1.29 is 37.5 Å². The van der Waals surface area contributed by atoms with E-state index in [9.17, 15) is 38.0 Å². The number of ether oxygens (including phenoxy) is 1. The lowest BCUT2D eigenvalue weighted by Gasteiger charge is -2.19. The van der Waals surface area contributed by atoms with E-state index in [0.29, 0.717) is 6.07 Å². The zero-order chi connectivity index (χ0) is 26.0. The third-order valence-corrected chi connectivity index (χ3v) is 6.00. The number of hydrogen-bond donors (Lipinski definition) is 2. The molecular formula is C25H19F3N2O6. The van der Waals surface area contributed by atoms with Crippen LogP contribution in [-0.4, -0.2) is 34.7 Å². The van der Waals surface area contributed by atoms with E-state index in [2.05, 4.69) is 0 Å². The number of nitro benzene ring substituents is 1. The Bertz CT molecular complexity index is 1300. The molecule has 0 bridgehead atoms. The van der Waals surface area contributed by atoms with E-state index < -0.39 is 52.4 Å². The summed E-state index contributed by atoms with van der Waals surface area (Å²) in [5.41, 5.74) is 0.680. The van der Waals surface area contributed by atoms with Crippen LogP contribution in [0.4, 0.5) is 23.7 Å². The molecule has 0 radical (unpaired) electrons. The lowest BCUT2D eigenvalue weighted by Crippen LogP contribution is -2.43. The summed E-state index contributed by atoms with van der Waals surface area (Å²) in [6.45, 7) is -0.147. The Morgan fingerprint density at radius 2 is 1.58 bits per heavy atom. The molecule has 11 heteroatoms. The molecule has 0 aliphatic heterocycles. The monoisotopic (exact) mass is 500 g/mol. The number of carboxylic acid groups (broad SMARTS) is 1. The molecule has 1 unspecified atom stereocenters. The van der Waals surface area contributed by atoms with E-state index in [0.717, 1.165) is 34.4 Å². The van der Waals surface area contributed by atoms with Gasteiger partial charge in [0.15, 0.2) is 0 Å². The predicted octanol–water partition coefficient (Wildman–Crippen LogP) is 5.15. The first-order chi connectivity index (χ1) is 17.1. The topological polar surface area (TPSA) is 119 Å². The number of fused-ring (bicyclic) bond motifs is 3. The smallest absolute Gasteiger partial charge is 0.416 e. The highest BCUT2D eigenvalue weighted by atomic mass is 19.4. The zero-order valence-corrected chi connectivity index (χ0v) is 18.5. The normalized spacial score (nSPS) is 13.4. The van der Waals surface area contributed by atoms with Crippen LogP contribution in [0.5, 0.6) is 0 Å². The molecule has 3 aromatic rings. The molecule has 1 atom stereocenters. The number of rotatable bonds is 7. The fourth-order valence-corrected chi connectivity index (χ4v) is 4.41. The van der Waals surface area contributed by atoms with E-state index in [1.165, 1.54) is 0 Å². The SMILES string of the molecule is O=C(NC(Cc1c([N+](=O)[O-])cccc1C(F)(F)F)C(=O)O)OCC1c2ccccc2-c2ccccc21.